The van der Waals surface area contributed by atoms with E-state index in [0.29, 0.717) is 18.4 Å². The predicted octanol–water partition coefficient (Wildman–Crippen LogP) is 3.79. The normalized spacial score (nSPS) is 13.0. The van der Waals surface area contributed by atoms with Crippen LogP contribution in [0.4, 0.5) is 0 Å². The Morgan fingerprint density at radius 1 is 1.19 bits per heavy atom. The summed E-state index contributed by atoms with van der Waals surface area (Å²) < 4.78 is 5.22. The lowest BCUT2D eigenvalue weighted by molar-refractivity contribution is 0.117. The van der Waals surface area contributed by atoms with E-state index in [1.54, 1.807) is 13.2 Å². The van der Waals surface area contributed by atoms with Gasteiger partial charge in [-0.1, -0.05) is 37.3 Å². The molecule has 114 valence electrons. The van der Waals surface area contributed by atoms with Crippen LogP contribution in [0.25, 0.3) is 10.8 Å². The van der Waals surface area contributed by atoms with Gasteiger partial charge in [0, 0.05) is 31.8 Å². The van der Waals surface area contributed by atoms with Crippen LogP contribution >= 0.6 is 0 Å². The molecule has 2 aromatic rings. The first kappa shape index (κ1) is 15.8. The maximum absolute atomic E-state index is 10.3. The van der Waals surface area contributed by atoms with Crippen LogP contribution in [-0.4, -0.2) is 36.3 Å². The zero-order valence-electron chi connectivity index (χ0n) is 13.2. The van der Waals surface area contributed by atoms with E-state index in [1.165, 1.54) is 5.39 Å². The average molecular weight is 287 g/mol. The summed E-state index contributed by atoms with van der Waals surface area (Å²) in [5, 5.41) is 12.6. The predicted molar refractivity (Wildman–Crippen MR) is 87.7 cm³/mol. The van der Waals surface area contributed by atoms with E-state index >= 15 is 0 Å². The van der Waals surface area contributed by atoms with Crippen molar-refractivity contribution in [3.05, 3.63) is 42.0 Å². The molecule has 0 fully saturated rings. The first-order valence-corrected chi connectivity index (χ1v) is 7.60. The largest absolute Gasteiger partial charge is 0.508 e. The molecule has 2 rings (SSSR count). The molecule has 21 heavy (non-hydrogen) atoms. The van der Waals surface area contributed by atoms with Gasteiger partial charge in [0.15, 0.2) is 0 Å². The molecule has 0 aliphatic heterocycles. The van der Waals surface area contributed by atoms with E-state index in [4.69, 9.17) is 4.74 Å². The summed E-state index contributed by atoms with van der Waals surface area (Å²) >= 11 is 0. The number of hydrogen-bond acceptors (Lipinski definition) is 3. The van der Waals surface area contributed by atoms with Crippen molar-refractivity contribution in [1.29, 1.82) is 0 Å². The Balaban J connectivity index is 2.33. The number of benzene rings is 2. The van der Waals surface area contributed by atoms with Crippen LogP contribution in [0.15, 0.2) is 36.4 Å². The molecular formula is C18H25NO2. The SMILES string of the molecule is CCC(C)N(CCOC)Cc1c(O)ccc2ccccc12. The summed E-state index contributed by atoms with van der Waals surface area (Å²) in [6.45, 7) is 6.72. The van der Waals surface area contributed by atoms with Crippen molar-refractivity contribution in [2.24, 2.45) is 0 Å². The second kappa shape index (κ2) is 7.43. The Morgan fingerprint density at radius 2 is 1.95 bits per heavy atom. The second-order valence-corrected chi connectivity index (χ2v) is 5.50. The molecular weight excluding hydrogens is 262 g/mol. The van der Waals surface area contributed by atoms with E-state index < -0.39 is 0 Å². The summed E-state index contributed by atoms with van der Waals surface area (Å²) in [4.78, 5) is 2.37. The van der Waals surface area contributed by atoms with Gasteiger partial charge < -0.3 is 9.84 Å². The Kier molecular flexibility index (Phi) is 5.59. The quantitative estimate of drug-likeness (QED) is 0.841. The van der Waals surface area contributed by atoms with Gasteiger partial charge in [0.05, 0.1) is 6.61 Å². The van der Waals surface area contributed by atoms with Crippen LogP contribution < -0.4 is 0 Å². The molecule has 1 unspecified atom stereocenters. The lowest BCUT2D eigenvalue weighted by Gasteiger charge is -2.29. The highest BCUT2D eigenvalue weighted by atomic mass is 16.5. The number of rotatable bonds is 7. The Hall–Kier alpha value is -1.58. The van der Waals surface area contributed by atoms with Crippen molar-refractivity contribution >= 4 is 10.8 Å². The third-order valence-corrected chi connectivity index (χ3v) is 4.17. The highest BCUT2D eigenvalue weighted by molar-refractivity contribution is 5.87. The van der Waals surface area contributed by atoms with Crippen molar-refractivity contribution in [3.63, 3.8) is 0 Å². The van der Waals surface area contributed by atoms with Crippen LogP contribution in [0.2, 0.25) is 0 Å². The van der Waals surface area contributed by atoms with Gasteiger partial charge in [-0.05, 0) is 30.2 Å². The van der Waals surface area contributed by atoms with E-state index in [-0.39, 0.29) is 0 Å². The minimum atomic E-state index is 0.374. The Bertz CT molecular complexity index is 582. The fourth-order valence-corrected chi connectivity index (χ4v) is 2.62. The van der Waals surface area contributed by atoms with E-state index in [0.717, 1.165) is 30.5 Å². The molecule has 1 N–H and O–H groups in total. The number of aromatic hydroxyl groups is 1. The van der Waals surface area contributed by atoms with Gasteiger partial charge in [0.25, 0.3) is 0 Å². The smallest absolute Gasteiger partial charge is 0.120 e. The van der Waals surface area contributed by atoms with Crippen molar-refractivity contribution in [2.75, 3.05) is 20.3 Å². The summed E-state index contributed by atoms with van der Waals surface area (Å²) in [7, 11) is 1.73. The van der Waals surface area contributed by atoms with Gasteiger partial charge in [0.1, 0.15) is 5.75 Å². The third kappa shape index (κ3) is 3.74. The first-order chi connectivity index (χ1) is 10.2. The maximum atomic E-state index is 10.3. The van der Waals surface area contributed by atoms with Crippen LogP contribution in [0, 0.1) is 0 Å². The number of fused-ring (bicyclic) bond motifs is 1. The molecule has 0 aliphatic carbocycles. The van der Waals surface area contributed by atoms with Gasteiger partial charge in [-0.2, -0.15) is 0 Å². The number of nitrogens with zero attached hydrogens (tertiary/aromatic N) is 1. The second-order valence-electron chi connectivity index (χ2n) is 5.50. The third-order valence-electron chi connectivity index (χ3n) is 4.17. The zero-order chi connectivity index (χ0) is 15.2. The minimum Gasteiger partial charge on any atom is -0.508 e. The molecule has 3 nitrogen and oxygen atoms in total. The number of phenols is 1. The van der Waals surface area contributed by atoms with Gasteiger partial charge in [-0.15, -0.1) is 0 Å². The lowest BCUT2D eigenvalue weighted by Crippen LogP contribution is -2.34. The van der Waals surface area contributed by atoms with Crippen molar-refractivity contribution in [1.82, 2.24) is 4.90 Å². The van der Waals surface area contributed by atoms with Crippen molar-refractivity contribution in [3.8, 4) is 5.75 Å². The fraction of sp³-hybridized carbons (Fsp3) is 0.444. The summed E-state index contributed by atoms with van der Waals surface area (Å²) in [5.41, 5.74) is 1.00. The van der Waals surface area contributed by atoms with Crippen LogP contribution in [0.1, 0.15) is 25.8 Å². The monoisotopic (exact) mass is 287 g/mol. The highest BCUT2D eigenvalue weighted by Crippen LogP contribution is 2.29. The lowest BCUT2D eigenvalue weighted by atomic mass is 10.0. The number of phenolic OH excluding ortho intramolecular Hbond substituents is 1. The van der Waals surface area contributed by atoms with Crippen LogP contribution in [-0.2, 0) is 11.3 Å². The molecule has 0 aromatic heterocycles. The van der Waals surface area contributed by atoms with Crippen molar-refractivity contribution < 1.29 is 9.84 Å². The number of methoxy groups -OCH3 is 1. The standard InChI is InChI=1S/C18H25NO2/c1-4-14(2)19(11-12-21-3)13-17-16-8-6-5-7-15(16)9-10-18(17)20/h5-10,14,20H,4,11-13H2,1-3H3. The molecule has 0 radical (unpaired) electrons. The molecule has 0 bridgehead atoms. The van der Waals surface area contributed by atoms with Crippen molar-refractivity contribution in [2.45, 2.75) is 32.9 Å². The van der Waals surface area contributed by atoms with Crippen LogP contribution in [0.3, 0.4) is 0 Å². The van der Waals surface area contributed by atoms with Gasteiger partial charge in [0.2, 0.25) is 0 Å². The Morgan fingerprint density at radius 3 is 2.67 bits per heavy atom. The molecule has 3 heteroatoms. The molecule has 0 saturated carbocycles. The fourth-order valence-electron chi connectivity index (χ4n) is 2.62. The number of hydrogen-bond donors (Lipinski definition) is 1. The molecule has 0 spiro atoms. The van der Waals surface area contributed by atoms with Gasteiger partial charge >= 0.3 is 0 Å². The van der Waals surface area contributed by atoms with E-state index in [1.807, 2.05) is 18.2 Å². The number of ether oxygens (including phenoxy) is 1. The summed E-state index contributed by atoms with van der Waals surface area (Å²) in [6, 6.07) is 12.4. The topological polar surface area (TPSA) is 32.7 Å². The van der Waals surface area contributed by atoms with Gasteiger partial charge in [-0.25, -0.2) is 0 Å². The van der Waals surface area contributed by atoms with Crippen LogP contribution in [0.5, 0.6) is 5.75 Å². The molecule has 0 saturated heterocycles. The highest BCUT2D eigenvalue weighted by Gasteiger charge is 2.16. The molecule has 1 atom stereocenters. The summed E-state index contributed by atoms with van der Waals surface area (Å²) in [5.74, 6) is 0.374. The molecule has 0 aliphatic rings. The zero-order valence-corrected chi connectivity index (χ0v) is 13.2. The first-order valence-electron chi connectivity index (χ1n) is 7.60. The Labute approximate surface area is 127 Å². The molecule has 2 aromatic carbocycles. The average Bonchev–Trinajstić information content (AvgIpc) is 2.52. The minimum absolute atomic E-state index is 0.374. The van der Waals surface area contributed by atoms with E-state index in [2.05, 4.69) is 30.9 Å². The van der Waals surface area contributed by atoms with Gasteiger partial charge in [-0.3, -0.25) is 4.90 Å². The molecule has 0 amide bonds. The molecule has 0 heterocycles. The van der Waals surface area contributed by atoms with E-state index in [9.17, 15) is 5.11 Å². The maximum Gasteiger partial charge on any atom is 0.120 e. The summed E-state index contributed by atoms with van der Waals surface area (Å²) in [6.07, 6.45) is 1.08.